The highest BCUT2D eigenvalue weighted by Gasteiger charge is 2.12. The third kappa shape index (κ3) is 3.82. The molecule has 0 aliphatic carbocycles. The second kappa shape index (κ2) is 8.08. The third-order valence-electron chi connectivity index (χ3n) is 4.99. The Morgan fingerprint density at radius 3 is 2.50 bits per heavy atom. The van der Waals surface area contributed by atoms with Crippen LogP contribution in [0.3, 0.4) is 0 Å². The first-order valence-corrected chi connectivity index (χ1v) is 10.1. The fourth-order valence-electron chi connectivity index (χ4n) is 3.35. The first-order chi connectivity index (χ1) is 14.4. The maximum atomic E-state index is 13.0. The molecular weight excluding hydrogens is 394 g/mol. The minimum atomic E-state index is -0.246. The average Bonchev–Trinajstić information content (AvgIpc) is 2.74. The molecule has 0 radical (unpaired) electrons. The van der Waals surface area contributed by atoms with Crippen molar-refractivity contribution in [1.29, 1.82) is 0 Å². The molecule has 0 saturated heterocycles. The summed E-state index contributed by atoms with van der Waals surface area (Å²) in [6.45, 7) is 4.21. The summed E-state index contributed by atoms with van der Waals surface area (Å²) >= 11 is 5.41. The van der Waals surface area contributed by atoms with E-state index in [1.54, 1.807) is 18.2 Å². The summed E-state index contributed by atoms with van der Waals surface area (Å²) in [6, 6.07) is 22.0. The Morgan fingerprint density at radius 1 is 1.00 bits per heavy atom. The number of nitrogens with one attached hydrogen (secondary N) is 2. The van der Waals surface area contributed by atoms with Crippen LogP contribution >= 0.6 is 12.2 Å². The van der Waals surface area contributed by atoms with E-state index < -0.39 is 0 Å². The predicted octanol–water partition coefficient (Wildman–Crippen LogP) is 5.42. The number of amides is 1. The number of H-pyrrole nitrogens is 1. The van der Waals surface area contributed by atoms with Crippen molar-refractivity contribution < 1.29 is 4.79 Å². The van der Waals surface area contributed by atoms with E-state index in [9.17, 15) is 9.59 Å². The second-order valence-corrected chi connectivity index (χ2v) is 7.79. The molecule has 2 N–H and O–H groups in total. The van der Waals surface area contributed by atoms with Crippen molar-refractivity contribution in [2.24, 2.45) is 0 Å². The van der Waals surface area contributed by atoms with Crippen LogP contribution in [0.2, 0.25) is 0 Å². The number of benzene rings is 3. The fourth-order valence-corrected chi connectivity index (χ4v) is 3.65. The monoisotopic (exact) mass is 415 g/mol. The van der Waals surface area contributed by atoms with Crippen LogP contribution in [-0.4, -0.2) is 15.5 Å². The van der Waals surface area contributed by atoms with E-state index in [2.05, 4.69) is 24.1 Å². The molecule has 150 valence electrons. The smallest absolute Gasteiger partial charge is 0.266 e. The van der Waals surface area contributed by atoms with Gasteiger partial charge in [-0.05, 0) is 66.2 Å². The third-order valence-corrected chi connectivity index (χ3v) is 5.27. The molecular formula is C24H21N3O2S. The Balaban J connectivity index is 1.70. The van der Waals surface area contributed by atoms with Crippen LogP contribution in [0.1, 0.15) is 35.7 Å². The van der Waals surface area contributed by atoms with Gasteiger partial charge in [-0.15, -0.1) is 0 Å². The van der Waals surface area contributed by atoms with Crippen molar-refractivity contribution in [2.45, 2.75) is 19.8 Å². The van der Waals surface area contributed by atoms with E-state index in [4.69, 9.17) is 12.2 Å². The molecule has 1 aromatic heterocycles. The van der Waals surface area contributed by atoms with Gasteiger partial charge in [-0.2, -0.15) is 0 Å². The van der Waals surface area contributed by atoms with Gasteiger partial charge in [-0.25, -0.2) is 0 Å². The highest BCUT2D eigenvalue weighted by molar-refractivity contribution is 7.71. The van der Waals surface area contributed by atoms with Gasteiger partial charge in [0.15, 0.2) is 4.77 Å². The molecule has 1 heterocycles. The van der Waals surface area contributed by atoms with Crippen LogP contribution in [0.25, 0.3) is 16.6 Å². The molecule has 0 saturated carbocycles. The topological polar surface area (TPSA) is 66.9 Å². The van der Waals surface area contributed by atoms with Gasteiger partial charge in [0, 0.05) is 11.3 Å². The second-order valence-electron chi connectivity index (χ2n) is 7.40. The highest BCUT2D eigenvalue weighted by atomic mass is 32.1. The summed E-state index contributed by atoms with van der Waals surface area (Å²) in [5.41, 5.74) is 3.32. The zero-order valence-corrected chi connectivity index (χ0v) is 17.5. The van der Waals surface area contributed by atoms with E-state index in [1.807, 2.05) is 54.6 Å². The molecule has 0 aliphatic heterocycles. The van der Waals surface area contributed by atoms with Crippen LogP contribution < -0.4 is 10.9 Å². The number of carbonyl (C=O) groups is 1. The van der Waals surface area contributed by atoms with Gasteiger partial charge in [0.05, 0.1) is 16.6 Å². The molecule has 0 unspecified atom stereocenters. The number of aromatic amines is 1. The van der Waals surface area contributed by atoms with Gasteiger partial charge in [0.1, 0.15) is 0 Å². The number of fused-ring (bicyclic) bond motifs is 1. The van der Waals surface area contributed by atoms with Crippen LogP contribution in [0, 0.1) is 4.77 Å². The number of hydrogen-bond acceptors (Lipinski definition) is 3. The summed E-state index contributed by atoms with van der Waals surface area (Å²) in [4.78, 5) is 28.8. The summed E-state index contributed by atoms with van der Waals surface area (Å²) in [7, 11) is 0. The van der Waals surface area contributed by atoms with Gasteiger partial charge in [-0.3, -0.25) is 14.2 Å². The zero-order chi connectivity index (χ0) is 21.3. The molecule has 4 rings (SSSR count). The number of carbonyl (C=O) groups excluding carboxylic acids is 1. The first-order valence-electron chi connectivity index (χ1n) is 9.70. The van der Waals surface area contributed by atoms with Crippen molar-refractivity contribution >= 4 is 34.7 Å². The Kier molecular flexibility index (Phi) is 5.33. The van der Waals surface area contributed by atoms with E-state index in [-0.39, 0.29) is 16.2 Å². The van der Waals surface area contributed by atoms with Crippen molar-refractivity contribution in [3.05, 3.63) is 99.0 Å². The Labute approximate surface area is 179 Å². The summed E-state index contributed by atoms with van der Waals surface area (Å²) in [5.74, 6) is 0.124. The van der Waals surface area contributed by atoms with Gasteiger partial charge in [-0.1, -0.05) is 44.2 Å². The quantitative estimate of drug-likeness (QED) is 0.437. The minimum absolute atomic E-state index is 0.225. The van der Waals surface area contributed by atoms with Crippen LogP contribution in [0.4, 0.5) is 5.69 Å². The molecule has 6 heteroatoms. The molecule has 1 amide bonds. The number of nitrogens with zero attached hydrogens (tertiary/aromatic N) is 1. The van der Waals surface area contributed by atoms with E-state index in [0.29, 0.717) is 28.1 Å². The van der Waals surface area contributed by atoms with Crippen LogP contribution in [0.5, 0.6) is 0 Å². The summed E-state index contributed by atoms with van der Waals surface area (Å²) in [5, 5.41) is 3.39. The molecule has 0 fully saturated rings. The van der Waals surface area contributed by atoms with Crippen molar-refractivity contribution in [3.63, 3.8) is 0 Å². The molecule has 4 aromatic rings. The fraction of sp³-hybridized carbons (Fsp3) is 0.125. The average molecular weight is 416 g/mol. The number of rotatable bonds is 4. The normalized spacial score (nSPS) is 11.0. The molecule has 30 heavy (non-hydrogen) atoms. The molecule has 0 aliphatic rings. The summed E-state index contributed by atoms with van der Waals surface area (Å²) in [6.07, 6.45) is 0. The van der Waals surface area contributed by atoms with Crippen LogP contribution in [-0.2, 0) is 0 Å². The lowest BCUT2D eigenvalue weighted by Crippen LogP contribution is -2.21. The Hall–Kier alpha value is -3.51. The predicted molar refractivity (Wildman–Crippen MR) is 123 cm³/mol. The Morgan fingerprint density at radius 2 is 1.77 bits per heavy atom. The van der Waals surface area contributed by atoms with E-state index in [0.717, 1.165) is 11.3 Å². The van der Waals surface area contributed by atoms with Gasteiger partial charge in [0.25, 0.3) is 11.5 Å². The maximum absolute atomic E-state index is 13.0. The number of hydrogen-bond donors (Lipinski definition) is 2. The van der Waals surface area contributed by atoms with Crippen LogP contribution in [0.15, 0.2) is 77.6 Å². The van der Waals surface area contributed by atoms with Gasteiger partial charge in [0.2, 0.25) is 0 Å². The lowest BCUT2D eigenvalue weighted by atomic mass is 10.0. The molecule has 0 bridgehead atoms. The Bertz CT molecular complexity index is 1350. The molecule has 0 spiro atoms. The number of aromatic nitrogens is 2. The summed E-state index contributed by atoms with van der Waals surface area (Å²) < 4.78 is 1.73. The largest absolute Gasteiger partial charge is 0.331 e. The lowest BCUT2D eigenvalue weighted by molar-refractivity contribution is 0.102. The minimum Gasteiger partial charge on any atom is -0.331 e. The van der Waals surface area contributed by atoms with Gasteiger partial charge < -0.3 is 10.3 Å². The van der Waals surface area contributed by atoms with Crippen molar-refractivity contribution in [1.82, 2.24) is 9.55 Å². The standard InChI is InChI=1S/C24H21N3O2S/c1-15(2)16-7-6-8-18(13-16)25-22(28)17-11-12-20-21(14-17)26-24(30)27(23(20)29)19-9-4-3-5-10-19/h3-15H,1-2H3,(H,25,28)(H,26,30). The molecule has 3 aromatic carbocycles. The van der Waals surface area contributed by atoms with Crippen molar-refractivity contribution in [2.75, 3.05) is 5.32 Å². The van der Waals surface area contributed by atoms with E-state index in [1.165, 1.54) is 4.57 Å². The zero-order valence-electron chi connectivity index (χ0n) is 16.7. The van der Waals surface area contributed by atoms with E-state index >= 15 is 0 Å². The molecule has 5 nitrogen and oxygen atoms in total. The highest BCUT2D eigenvalue weighted by Crippen LogP contribution is 2.20. The molecule has 0 atom stereocenters. The maximum Gasteiger partial charge on any atom is 0.266 e. The SMILES string of the molecule is CC(C)c1cccc(NC(=O)c2ccc3c(=O)n(-c4ccccc4)c(=S)[nH]c3c2)c1. The first kappa shape index (κ1) is 19.8. The lowest BCUT2D eigenvalue weighted by Gasteiger charge is -2.11. The van der Waals surface area contributed by atoms with Gasteiger partial charge >= 0.3 is 0 Å². The number of anilines is 1. The van der Waals surface area contributed by atoms with Crippen molar-refractivity contribution in [3.8, 4) is 5.69 Å². The number of para-hydroxylation sites is 1.